The number of carbonyl (C=O) groups is 1. The first kappa shape index (κ1) is 19.7. The zero-order valence-corrected chi connectivity index (χ0v) is 16.0. The van der Waals surface area contributed by atoms with E-state index in [4.69, 9.17) is 39.5 Å². The standard InChI is InChI=1S/C18H19Cl3N2O2/c1-2-3-7-25-13-6-4-5-12(8-13)23-18(24)11-22-17-10-15(20)14(19)9-16(17)21/h4-6,8-10,22H,2-3,7,11H2,1H3,(H,23,24). The molecule has 0 aliphatic heterocycles. The van der Waals surface area contributed by atoms with Gasteiger partial charge in [-0.05, 0) is 30.7 Å². The molecule has 0 fully saturated rings. The summed E-state index contributed by atoms with van der Waals surface area (Å²) in [5.41, 5.74) is 1.21. The van der Waals surface area contributed by atoms with E-state index in [2.05, 4.69) is 17.6 Å². The molecule has 0 aliphatic rings. The predicted molar refractivity (Wildman–Crippen MR) is 105 cm³/mol. The van der Waals surface area contributed by atoms with Crippen molar-refractivity contribution in [2.75, 3.05) is 23.8 Å². The molecular weight excluding hydrogens is 383 g/mol. The number of amides is 1. The molecule has 0 saturated carbocycles. The number of carbonyl (C=O) groups excluding carboxylic acids is 1. The smallest absolute Gasteiger partial charge is 0.243 e. The summed E-state index contributed by atoms with van der Waals surface area (Å²) in [7, 11) is 0. The lowest BCUT2D eigenvalue weighted by molar-refractivity contribution is -0.114. The fourth-order valence-corrected chi connectivity index (χ4v) is 2.65. The van der Waals surface area contributed by atoms with E-state index in [1.807, 2.05) is 12.1 Å². The zero-order chi connectivity index (χ0) is 18.2. The lowest BCUT2D eigenvalue weighted by Crippen LogP contribution is -2.21. The van der Waals surface area contributed by atoms with Gasteiger partial charge < -0.3 is 15.4 Å². The van der Waals surface area contributed by atoms with Crippen molar-refractivity contribution in [3.63, 3.8) is 0 Å². The van der Waals surface area contributed by atoms with Gasteiger partial charge in [0.15, 0.2) is 0 Å². The molecule has 4 nitrogen and oxygen atoms in total. The van der Waals surface area contributed by atoms with Gasteiger partial charge in [-0.25, -0.2) is 0 Å². The molecular formula is C18H19Cl3N2O2. The van der Waals surface area contributed by atoms with Crippen LogP contribution in [0.15, 0.2) is 36.4 Å². The average Bonchev–Trinajstić information content (AvgIpc) is 2.57. The molecule has 0 aromatic heterocycles. The second kappa shape index (κ2) is 9.76. The van der Waals surface area contributed by atoms with E-state index >= 15 is 0 Å². The minimum Gasteiger partial charge on any atom is -0.494 e. The quantitative estimate of drug-likeness (QED) is 0.429. The van der Waals surface area contributed by atoms with Gasteiger partial charge in [-0.1, -0.05) is 54.2 Å². The summed E-state index contributed by atoms with van der Waals surface area (Å²) in [4.78, 5) is 12.1. The Morgan fingerprint density at radius 1 is 1.08 bits per heavy atom. The van der Waals surface area contributed by atoms with Gasteiger partial charge in [0.1, 0.15) is 5.75 Å². The third-order valence-electron chi connectivity index (χ3n) is 3.33. The highest BCUT2D eigenvalue weighted by Crippen LogP contribution is 2.32. The van der Waals surface area contributed by atoms with Gasteiger partial charge in [-0.3, -0.25) is 4.79 Å². The van der Waals surface area contributed by atoms with E-state index in [9.17, 15) is 4.79 Å². The molecule has 25 heavy (non-hydrogen) atoms. The number of ether oxygens (including phenoxy) is 1. The summed E-state index contributed by atoms with van der Waals surface area (Å²) in [5, 5.41) is 6.87. The van der Waals surface area contributed by atoms with E-state index in [-0.39, 0.29) is 12.5 Å². The molecule has 0 unspecified atom stereocenters. The number of halogens is 3. The first-order valence-electron chi connectivity index (χ1n) is 7.90. The molecule has 0 bridgehead atoms. The van der Waals surface area contributed by atoms with Crippen molar-refractivity contribution in [1.29, 1.82) is 0 Å². The van der Waals surface area contributed by atoms with Crippen LogP contribution >= 0.6 is 34.8 Å². The topological polar surface area (TPSA) is 50.4 Å². The predicted octanol–water partition coefficient (Wildman–Crippen LogP) is 5.88. The molecule has 2 aromatic rings. The molecule has 2 rings (SSSR count). The summed E-state index contributed by atoms with van der Waals surface area (Å²) in [6, 6.07) is 10.4. The molecule has 2 aromatic carbocycles. The summed E-state index contributed by atoms with van der Waals surface area (Å²) in [5.74, 6) is 0.514. The van der Waals surface area contributed by atoms with Crippen LogP contribution in [0.4, 0.5) is 11.4 Å². The van der Waals surface area contributed by atoms with Crippen molar-refractivity contribution in [2.24, 2.45) is 0 Å². The van der Waals surface area contributed by atoms with Crippen molar-refractivity contribution in [1.82, 2.24) is 0 Å². The van der Waals surface area contributed by atoms with Crippen LogP contribution in [0.3, 0.4) is 0 Å². The maximum absolute atomic E-state index is 12.1. The molecule has 0 radical (unpaired) electrons. The van der Waals surface area contributed by atoms with E-state index < -0.39 is 0 Å². The molecule has 2 N–H and O–H groups in total. The monoisotopic (exact) mass is 400 g/mol. The number of hydrogen-bond acceptors (Lipinski definition) is 3. The maximum atomic E-state index is 12.1. The average molecular weight is 402 g/mol. The largest absolute Gasteiger partial charge is 0.494 e. The SMILES string of the molecule is CCCCOc1cccc(NC(=O)CNc2cc(Cl)c(Cl)cc2Cl)c1. The minimum absolute atomic E-state index is 0.0403. The van der Waals surface area contributed by atoms with E-state index in [0.29, 0.717) is 33.0 Å². The summed E-state index contributed by atoms with van der Waals surface area (Å²) >= 11 is 17.9. The Morgan fingerprint density at radius 2 is 1.84 bits per heavy atom. The highest BCUT2D eigenvalue weighted by atomic mass is 35.5. The van der Waals surface area contributed by atoms with Gasteiger partial charge in [-0.2, -0.15) is 0 Å². The van der Waals surface area contributed by atoms with Crippen LogP contribution in [0.5, 0.6) is 5.75 Å². The Kier molecular flexibility index (Phi) is 7.69. The zero-order valence-electron chi connectivity index (χ0n) is 13.7. The number of anilines is 2. The van der Waals surface area contributed by atoms with E-state index in [1.165, 1.54) is 6.07 Å². The fourth-order valence-electron chi connectivity index (χ4n) is 2.04. The molecule has 0 aliphatic carbocycles. The van der Waals surface area contributed by atoms with Crippen LogP contribution in [0.25, 0.3) is 0 Å². The molecule has 134 valence electrons. The highest BCUT2D eigenvalue weighted by molar-refractivity contribution is 6.44. The Bertz CT molecular complexity index is 738. The van der Waals surface area contributed by atoms with Gasteiger partial charge >= 0.3 is 0 Å². The summed E-state index contributed by atoms with van der Waals surface area (Å²) in [6.45, 7) is 2.80. The van der Waals surface area contributed by atoms with Crippen molar-refractivity contribution >= 4 is 52.1 Å². The Morgan fingerprint density at radius 3 is 2.60 bits per heavy atom. The summed E-state index contributed by atoms with van der Waals surface area (Å²) < 4.78 is 5.63. The van der Waals surface area contributed by atoms with Crippen LogP contribution in [0.1, 0.15) is 19.8 Å². The van der Waals surface area contributed by atoms with Crippen molar-refractivity contribution in [2.45, 2.75) is 19.8 Å². The van der Waals surface area contributed by atoms with Gasteiger partial charge in [0.2, 0.25) is 5.91 Å². The molecule has 7 heteroatoms. The normalized spacial score (nSPS) is 10.4. The second-order valence-corrected chi connectivity index (χ2v) is 6.60. The van der Waals surface area contributed by atoms with Crippen LogP contribution < -0.4 is 15.4 Å². The number of nitrogens with one attached hydrogen (secondary N) is 2. The van der Waals surface area contributed by atoms with E-state index in [0.717, 1.165) is 18.6 Å². The van der Waals surface area contributed by atoms with Gasteiger partial charge in [0.05, 0.1) is 33.9 Å². The Hall–Kier alpha value is -1.62. The molecule has 1 amide bonds. The number of hydrogen-bond donors (Lipinski definition) is 2. The molecule has 0 saturated heterocycles. The Balaban J connectivity index is 1.90. The highest BCUT2D eigenvalue weighted by Gasteiger charge is 2.08. The molecule has 0 atom stereocenters. The number of rotatable bonds is 8. The van der Waals surface area contributed by atoms with Gasteiger partial charge in [0, 0.05) is 11.8 Å². The maximum Gasteiger partial charge on any atom is 0.243 e. The van der Waals surface area contributed by atoms with Crippen LogP contribution in [0, 0.1) is 0 Å². The van der Waals surface area contributed by atoms with Gasteiger partial charge in [0.25, 0.3) is 0 Å². The molecule has 0 spiro atoms. The lowest BCUT2D eigenvalue weighted by atomic mass is 10.3. The number of unbranched alkanes of at least 4 members (excludes halogenated alkanes) is 1. The second-order valence-electron chi connectivity index (χ2n) is 5.38. The van der Waals surface area contributed by atoms with Crippen molar-refractivity contribution in [3.8, 4) is 5.75 Å². The first-order chi connectivity index (χ1) is 12.0. The van der Waals surface area contributed by atoms with Crippen molar-refractivity contribution in [3.05, 3.63) is 51.5 Å². The third kappa shape index (κ3) is 6.31. The molecule has 0 heterocycles. The first-order valence-corrected chi connectivity index (χ1v) is 9.04. The van der Waals surface area contributed by atoms with E-state index in [1.54, 1.807) is 18.2 Å². The van der Waals surface area contributed by atoms with Crippen molar-refractivity contribution < 1.29 is 9.53 Å². The number of benzene rings is 2. The Labute approximate surface area is 162 Å². The van der Waals surface area contributed by atoms with Crippen LogP contribution in [-0.4, -0.2) is 19.1 Å². The third-order valence-corrected chi connectivity index (χ3v) is 4.37. The van der Waals surface area contributed by atoms with Crippen LogP contribution in [0.2, 0.25) is 15.1 Å². The van der Waals surface area contributed by atoms with Gasteiger partial charge in [-0.15, -0.1) is 0 Å². The summed E-state index contributed by atoms with van der Waals surface area (Å²) in [6.07, 6.45) is 2.06. The fraction of sp³-hybridized carbons (Fsp3) is 0.278. The van der Waals surface area contributed by atoms with Crippen LogP contribution in [-0.2, 0) is 4.79 Å². The lowest BCUT2D eigenvalue weighted by Gasteiger charge is -2.11. The minimum atomic E-state index is -0.215.